The van der Waals surface area contributed by atoms with E-state index in [1.807, 2.05) is 24.3 Å². The lowest BCUT2D eigenvalue weighted by Gasteiger charge is -2.24. The normalized spacial score (nSPS) is 11.9. The van der Waals surface area contributed by atoms with Crippen LogP contribution >= 0.6 is 0 Å². The molecular formula is C16H25N3O3. The molecule has 0 saturated carbocycles. The first-order valence-electron chi connectivity index (χ1n) is 7.41. The van der Waals surface area contributed by atoms with Crippen LogP contribution in [0.4, 0.5) is 4.79 Å². The molecule has 0 aliphatic rings. The number of hydrogen-bond donors (Lipinski definition) is 2. The van der Waals surface area contributed by atoms with E-state index in [-0.39, 0.29) is 19.0 Å². The van der Waals surface area contributed by atoms with Crippen molar-refractivity contribution in [2.24, 2.45) is 5.73 Å². The molecule has 6 heteroatoms. The van der Waals surface area contributed by atoms with Crippen LogP contribution in [-0.4, -0.2) is 36.2 Å². The number of carbonyl (C=O) groups is 2. The van der Waals surface area contributed by atoms with Gasteiger partial charge in [0.25, 0.3) is 0 Å². The highest BCUT2D eigenvalue weighted by atomic mass is 16.5. The summed E-state index contributed by atoms with van der Waals surface area (Å²) in [7, 11) is 0. The van der Waals surface area contributed by atoms with Gasteiger partial charge in [-0.2, -0.15) is 0 Å². The van der Waals surface area contributed by atoms with E-state index < -0.39 is 12.3 Å². The summed E-state index contributed by atoms with van der Waals surface area (Å²) >= 11 is 0. The van der Waals surface area contributed by atoms with E-state index in [4.69, 9.17) is 10.5 Å². The highest BCUT2D eigenvalue weighted by molar-refractivity contribution is 5.93. The Morgan fingerprint density at radius 2 is 1.91 bits per heavy atom. The van der Waals surface area contributed by atoms with Crippen LogP contribution in [0.1, 0.15) is 39.2 Å². The zero-order chi connectivity index (χ0) is 16.7. The zero-order valence-electron chi connectivity index (χ0n) is 13.6. The minimum Gasteiger partial charge on any atom is -0.471 e. The van der Waals surface area contributed by atoms with Gasteiger partial charge in [-0.25, -0.2) is 4.79 Å². The first kappa shape index (κ1) is 18.0. The Kier molecular flexibility index (Phi) is 6.85. The number of para-hydroxylation sites is 1. The molecular weight excluding hydrogens is 282 g/mol. The van der Waals surface area contributed by atoms with Crippen molar-refractivity contribution in [2.75, 3.05) is 13.1 Å². The van der Waals surface area contributed by atoms with Gasteiger partial charge < -0.3 is 15.8 Å². The van der Waals surface area contributed by atoms with Crippen molar-refractivity contribution in [3.63, 3.8) is 0 Å². The van der Waals surface area contributed by atoms with E-state index in [0.29, 0.717) is 5.92 Å². The number of carbonyl (C=O) groups excluding carboxylic acids is 2. The zero-order valence-corrected chi connectivity index (χ0v) is 13.6. The SMILES string of the molecule is CC(=O)N(CCN)C(=O)NC(C)Oc1ccccc1C(C)C. The highest BCUT2D eigenvalue weighted by Gasteiger charge is 2.20. The molecule has 0 bridgehead atoms. The summed E-state index contributed by atoms with van der Waals surface area (Å²) in [5.41, 5.74) is 6.47. The minimum atomic E-state index is -0.563. The van der Waals surface area contributed by atoms with Gasteiger partial charge in [0, 0.05) is 20.0 Å². The first-order valence-corrected chi connectivity index (χ1v) is 7.41. The maximum absolute atomic E-state index is 12.1. The van der Waals surface area contributed by atoms with Gasteiger partial charge in [0.2, 0.25) is 5.91 Å². The van der Waals surface area contributed by atoms with Crippen molar-refractivity contribution in [2.45, 2.75) is 39.8 Å². The Morgan fingerprint density at radius 1 is 1.27 bits per heavy atom. The summed E-state index contributed by atoms with van der Waals surface area (Å²) in [6.45, 7) is 7.59. The van der Waals surface area contributed by atoms with Crippen molar-refractivity contribution in [1.82, 2.24) is 10.2 Å². The molecule has 1 aromatic rings. The fraction of sp³-hybridized carbons (Fsp3) is 0.500. The van der Waals surface area contributed by atoms with Crippen LogP contribution in [-0.2, 0) is 4.79 Å². The fourth-order valence-corrected chi connectivity index (χ4v) is 2.07. The molecule has 0 saturated heterocycles. The molecule has 1 atom stereocenters. The molecule has 0 spiro atoms. The number of amides is 3. The molecule has 0 aliphatic heterocycles. The number of benzene rings is 1. The summed E-state index contributed by atoms with van der Waals surface area (Å²) < 4.78 is 5.78. The van der Waals surface area contributed by atoms with E-state index in [9.17, 15) is 9.59 Å². The van der Waals surface area contributed by atoms with Crippen molar-refractivity contribution in [3.05, 3.63) is 29.8 Å². The standard InChI is InChI=1S/C16H25N3O3/c1-11(2)14-7-5-6-8-15(14)22-12(3)18-16(21)19(10-9-17)13(4)20/h5-8,11-12H,9-10,17H2,1-4H3,(H,18,21). The van der Waals surface area contributed by atoms with Crippen LogP contribution < -0.4 is 15.8 Å². The topological polar surface area (TPSA) is 84.7 Å². The molecule has 0 aromatic heterocycles. The van der Waals surface area contributed by atoms with Gasteiger partial charge in [0.15, 0.2) is 6.23 Å². The van der Waals surface area contributed by atoms with E-state index in [2.05, 4.69) is 19.2 Å². The Hall–Kier alpha value is -2.08. The molecule has 6 nitrogen and oxygen atoms in total. The first-order chi connectivity index (χ1) is 10.4. The Bertz CT molecular complexity index is 517. The van der Waals surface area contributed by atoms with E-state index in [1.54, 1.807) is 6.92 Å². The van der Waals surface area contributed by atoms with Gasteiger partial charge in [0.1, 0.15) is 5.75 Å². The summed E-state index contributed by atoms with van der Waals surface area (Å²) in [4.78, 5) is 24.5. The van der Waals surface area contributed by atoms with Crippen LogP contribution in [0.15, 0.2) is 24.3 Å². The van der Waals surface area contributed by atoms with Crippen LogP contribution in [0.3, 0.4) is 0 Å². The quantitative estimate of drug-likeness (QED) is 0.788. The van der Waals surface area contributed by atoms with Crippen molar-refractivity contribution < 1.29 is 14.3 Å². The second-order valence-corrected chi connectivity index (χ2v) is 5.36. The Labute approximate surface area is 131 Å². The second kappa shape index (κ2) is 8.38. The lowest BCUT2D eigenvalue weighted by atomic mass is 10.0. The minimum absolute atomic E-state index is 0.177. The number of rotatable bonds is 6. The van der Waals surface area contributed by atoms with Gasteiger partial charge in [-0.15, -0.1) is 0 Å². The maximum atomic E-state index is 12.1. The Morgan fingerprint density at radius 3 is 2.45 bits per heavy atom. The molecule has 122 valence electrons. The Balaban J connectivity index is 2.72. The second-order valence-electron chi connectivity index (χ2n) is 5.36. The lowest BCUT2D eigenvalue weighted by Crippen LogP contribution is -2.49. The molecule has 3 N–H and O–H groups in total. The van der Waals surface area contributed by atoms with E-state index >= 15 is 0 Å². The summed E-state index contributed by atoms with van der Waals surface area (Å²) in [5, 5.41) is 2.65. The molecule has 22 heavy (non-hydrogen) atoms. The van der Waals surface area contributed by atoms with Crippen LogP contribution in [0.5, 0.6) is 5.75 Å². The van der Waals surface area contributed by atoms with E-state index in [0.717, 1.165) is 16.2 Å². The molecule has 3 amide bonds. The van der Waals surface area contributed by atoms with Crippen LogP contribution in [0, 0.1) is 0 Å². The molecule has 1 rings (SSSR count). The van der Waals surface area contributed by atoms with Crippen molar-refractivity contribution in [1.29, 1.82) is 0 Å². The average Bonchev–Trinajstić information content (AvgIpc) is 2.44. The summed E-state index contributed by atoms with van der Waals surface area (Å²) in [5.74, 6) is 0.682. The van der Waals surface area contributed by atoms with Crippen LogP contribution in [0.2, 0.25) is 0 Å². The van der Waals surface area contributed by atoms with Gasteiger partial charge in [-0.3, -0.25) is 9.69 Å². The van der Waals surface area contributed by atoms with Crippen molar-refractivity contribution >= 4 is 11.9 Å². The maximum Gasteiger partial charge on any atom is 0.326 e. The largest absolute Gasteiger partial charge is 0.471 e. The molecule has 0 heterocycles. The number of hydrogen-bond acceptors (Lipinski definition) is 4. The van der Waals surface area contributed by atoms with Crippen molar-refractivity contribution in [3.8, 4) is 5.75 Å². The van der Waals surface area contributed by atoms with Gasteiger partial charge in [0.05, 0.1) is 0 Å². The van der Waals surface area contributed by atoms with Gasteiger partial charge in [-0.05, 0) is 24.5 Å². The van der Waals surface area contributed by atoms with Gasteiger partial charge in [-0.1, -0.05) is 32.0 Å². The number of urea groups is 1. The third-order valence-corrected chi connectivity index (χ3v) is 3.15. The lowest BCUT2D eigenvalue weighted by molar-refractivity contribution is -0.126. The number of nitrogens with one attached hydrogen (secondary N) is 1. The smallest absolute Gasteiger partial charge is 0.326 e. The average molecular weight is 307 g/mol. The van der Waals surface area contributed by atoms with Crippen LogP contribution in [0.25, 0.3) is 0 Å². The number of imide groups is 1. The summed E-state index contributed by atoms with van der Waals surface area (Å²) in [6.07, 6.45) is -0.563. The number of nitrogens with two attached hydrogens (primary N) is 1. The molecule has 0 aliphatic carbocycles. The predicted molar refractivity (Wildman–Crippen MR) is 85.6 cm³/mol. The third kappa shape index (κ3) is 5.04. The number of ether oxygens (including phenoxy) is 1. The number of nitrogens with zero attached hydrogens (tertiary/aromatic N) is 1. The highest BCUT2D eigenvalue weighted by Crippen LogP contribution is 2.26. The van der Waals surface area contributed by atoms with Gasteiger partial charge >= 0.3 is 6.03 Å². The monoisotopic (exact) mass is 307 g/mol. The molecule has 1 aromatic carbocycles. The molecule has 0 radical (unpaired) electrons. The van der Waals surface area contributed by atoms with E-state index in [1.165, 1.54) is 6.92 Å². The molecule has 0 fully saturated rings. The predicted octanol–water partition coefficient (Wildman–Crippen LogP) is 2.05. The fourth-order valence-electron chi connectivity index (χ4n) is 2.07. The third-order valence-electron chi connectivity index (χ3n) is 3.15. The molecule has 1 unspecified atom stereocenters. The summed E-state index contributed by atoms with van der Waals surface area (Å²) in [6, 6.07) is 7.18.